The lowest BCUT2D eigenvalue weighted by molar-refractivity contribution is 0.0930. The summed E-state index contributed by atoms with van der Waals surface area (Å²) in [7, 11) is 1.64. The van der Waals surface area contributed by atoms with E-state index >= 15 is 0 Å². The number of rotatable bonds is 7. The van der Waals surface area contributed by atoms with Crippen LogP contribution >= 0.6 is 0 Å². The largest absolute Gasteiger partial charge is 0.497 e. The van der Waals surface area contributed by atoms with Crippen LogP contribution in [0.5, 0.6) is 11.5 Å². The van der Waals surface area contributed by atoms with Crippen molar-refractivity contribution in [3.63, 3.8) is 0 Å². The predicted molar refractivity (Wildman–Crippen MR) is 117 cm³/mol. The van der Waals surface area contributed by atoms with E-state index in [9.17, 15) is 4.79 Å². The lowest BCUT2D eigenvalue weighted by atomic mass is 9.97. The molecule has 0 aliphatic heterocycles. The molecule has 156 valence electrons. The molecule has 1 heterocycles. The minimum atomic E-state index is -0.415. The summed E-state index contributed by atoms with van der Waals surface area (Å²) >= 11 is 0. The van der Waals surface area contributed by atoms with Crippen LogP contribution in [0.25, 0.3) is 10.9 Å². The number of nitrogens with one attached hydrogen (secondary N) is 1. The molecule has 3 N–H and O–H groups in total. The van der Waals surface area contributed by atoms with Gasteiger partial charge in [-0.3, -0.25) is 9.78 Å². The lowest BCUT2D eigenvalue weighted by Gasteiger charge is -2.21. The number of amides is 1. The number of aromatic nitrogens is 1. The van der Waals surface area contributed by atoms with Gasteiger partial charge in [0.25, 0.3) is 5.91 Å². The molecule has 4 rings (SSSR count). The number of pyridine rings is 1. The molecule has 1 atom stereocenters. The van der Waals surface area contributed by atoms with E-state index in [0.717, 1.165) is 40.6 Å². The van der Waals surface area contributed by atoms with Crippen molar-refractivity contribution >= 4 is 16.8 Å². The number of nitrogens with two attached hydrogens (primary N) is 1. The van der Waals surface area contributed by atoms with Gasteiger partial charge in [0, 0.05) is 29.3 Å². The Morgan fingerprint density at radius 1 is 1.23 bits per heavy atom. The van der Waals surface area contributed by atoms with Crippen LogP contribution < -0.4 is 20.5 Å². The molecule has 1 aliphatic rings. The summed E-state index contributed by atoms with van der Waals surface area (Å²) in [5.41, 5.74) is 8.76. The highest BCUT2D eigenvalue weighted by Crippen LogP contribution is 2.49. The number of hydrogen-bond donors (Lipinski definition) is 2. The Kier molecular flexibility index (Phi) is 5.35. The highest BCUT2D eigenvalue weighted by molar-refractivity contribution is 5.97. The van der Waals surface area contributed by atoms with Crippen molar-refractivity contribution in [2.75, 3.05) is 13.7 Å². The van der Waals surface area contributed by atoms with Crippen LogP contribution in [0.15, 0.2) is 48.7 Å². The molecule has 0 bridgehead atoms. The van der Waals surface area contributed by atoms with Crippen LogP contribution in [0.4, 0.5) is 0 Å². The molecule has 1 fully saturated rings. The van der Waals surface area contributed by atoms with Crippen LogP contribution in [-0.2, 0) is 5.54 Å². The zero-order valence-electron chi connectivity index (χ0n) is 17.6. The number of aryl methyl sites for hydroxylation is 1. The van der Waals surface area contributed by atoms with E-state index in [1.165, 1.54) is 0 Å². The molecule has 6 nitrogen and oxygen atoms in total. The summed E-state index contributed by atoms with van der Waals surface area (Å²) in [5, 5.41) is 4.30. The maximum atomic E-state index is 13.2. The summed E-state index contributed by atoms with van der Waals surface area (Å²) in [6.45, 7) is 4.21. The molecule has 3 aromatic rings. The average Bonchev–Trinajstić information content (AvgIpc) is 3.52. The smallest absolute Gasteiger partial charge is 0.252 e. The Morgan fingerprint density at radius 3 is 2.73 bits per heavy atom. The van der Waals surface area contributed by atoms with E-state index < -0.39 is 5.54 Å². The Bertz CT molecular complexity index is 1090. The third kappa shape index (κ3) is 3.96. The van der Waals surface area contributed by atoms with Crippen molar-refractivity contribution in [2.45, 2.75) is 38.3 Å². The van der Waals surface area contributed by atoms with Gasteiger partial charge in [0.05, 0.1) is 18.2 Å². The topological polar surface area (TPSA) is 86.5 Å². The molecular weight excluding hydrogens is 378 g/mol. The molecule has 1 aromatic heterocycles. The molecule has 0 radical (unpaired) electrons. The first kappa shape index (κ1) is 20.2. The first-order valence-electron chi connectivity index (χ1n) is 10.2. The summed E-state index contributed by atoms with van der Waals surface area (Å²) in [5.74, 6) is 1.26. The molecule has 1 unspecified atom stereocenters. The normalized spacial score (nSPS) is 15.5. The second-order valence-electron chi connectivity index (χ2n) is 8.05. The van der Waals surface area contributed by atoms with Crippen molar-refractivity contribution in [2.24, 2.45) is 5.73 Å². The van der Waals surface area contributed by atoms with Crippen LogP contribution in [0.2, 0.25) is 0 Å². The third-order valence-electron chi connectivity index (χ3n) is 5.51. The van der Waals surface area contributed by atoms with Crippen molar-refractivity contribution in [3.05, 3.63) is 65.4 Å². The standard InChI is InChI=1S/C24H27N3O3/c1-15-6-7-17(30-14-16(2)25)11-20(15)23(28)27-24(8-9-24)21-12-18(29-3)13-22-19(21)5-4-10-26-22/h4-7,10-13,16H,8-9,14,25H2,1-3H3,(H,27,28). The molecule has 1 saturated carbocycles. The van der Waals surface area contributed by atoms with Crippen molar-refractivity contribution < 1.29 is 14.3 Å². The molecule has 1 amide bonds. The monoisotopic (exact) mass is 405 g/mol. The van der Waals surface area contributed by atoms with Gasteiger partial charge in [-0.15, -0.1) is 0 Å². The van der Waals surface area contributed by atoms with Gasteiger partial charge in [0.1, 0.15) is 18.1 Å². The number of ether oxygens (including phenoxy) is 2. The molecule has 0 saturated heterocycles. The fraction of sp³-hybridized carbons (Fsp3) is 0.333. The van der Waals surface area contributed by atoms with Crippen LogP contribution in [0.3, 0.4) is 0 Å². The Hall–Kier alpha value is -3.12. The fourth-order valence-corrected chi connectivity index (χ4v) is 3.71. The van der Waals surface area contributed by atoms with Gasteiger partial charge in [-0.25, -0.2) is 0 Å². The summed E-state index contributed by atoms with van der Waals surface area (Å²) in [6.07, 6.45) is 3.51. The first-order valence-corrected chi connectivity index (χ1v) is 10.2. The van der Waals surface area contributed by atoms with E-state index in [1.807, 2.05) is 50.2 Å². The van der Waals surface area contributed by atoms with Gasteiger partial charge in [0.15, 0.2) is 0 Å². The number of fused-ring (bicyclic) bond motifs is 1. The Balaban J connectivity index is 1.65. The van der Waals surface area contributed by atoms with Crippen LogP contribution in [0, 0.1) is 6.92 Å². The average molecular weight is 405 g/mol. The number of carbonyl (C=O) groups excluding carboxylic acids is 1. The van der Waals surface area contributed by atoms with E-state index in [1.54, 1.807) is 19.4 Å². The second kappa shape index (κ2) is 7.95. The molecule has 1 aliphatic carbocycles. The minimum absolute atomic E-state index is 0.0757. The lowest BCUT2D eigenvalue weighted by Crippen LogP contribution is -2.35. The predicted octanol–water partition coefficient (Wildman–Crippen LogP) is 3.70. The van der Waals surface area contributed by atoms with Gasteiger partial charge in [-0.05, 0) is 62.1 Å². The van der Waals surface area contributed by atoms with Gasteiger partial charge in [-0.2, -0.15) is 0 Å². The van der Waals surface area contributed by atoms with E-state index in [-0.39, 0.29) is 11.9 Å². The first-order chi connectivity index (χ1) is 14.4. The zero-order valence-corrected chi connectivity index (χ0v) is 17.6. The van der Waals surface area contributed by atoms with E-state index in [2.05, 4.69) is 10.3 Å². The highest BCUT2D eigenvalue weighted by atomic mass is 16.5. The number of nitrogens with zero attached hydrogens (tertiary/aromatic N) is 1. The van der Waals surface area contributed by atoms with Gasteiger partial charge < -0.3 is 20.5 Å². The zero-order chi connectivity index (χ0) is 21.3. The third-order valence-corrected chi connectivity index (χ3v) is 5.51. The van der Waals surface area contributed by atoms with Gasteiger partial charge >= 0.3 is 0 Å². The fourth-order valence-electron chi connectivity index (χ4n) is 3.71. The summed E-state index contributed by atoms with van der Waals surface area (Å²) in [6, 6.07) is 13.4. The van der Waals surface area contributed by atoms with Crippen molar-refractivity contribution in [1.29, 1.82) is 0 Å². The maximum Gasteiger partial charge on any atom is 0.252 e. The number of benzene rings is 2. The van der Waals surface area contributed by atoms with Crippen LogP contribution in [0.1, 0.15) is 41.3 Å². The van der Waals surface area contributed by atoms with Crippen molar-refractivity contribution in [3.8, 4) is 11.5 Å². The summed E-state index contributed by atoms with van der Waals surface area (Å²) in [4.78, 5) is 17.7. The second-order valence-corrected chi connectivity index (χ2v) is 8.05. The molecule has 2 aromatic carbocycles. The highest BCUT2D eigenvalue weighted by Gasteiger charge is 2.47. The molecular formula is C24H27N3O3. The van der Waals surface area contributed by atoms with Crippen LogP contribution in [-0.4, -0.2) is 30.6 Å². The number of hydrogen-bond acceptors (Lipinski definition) is 5. The Morgan fingerprint density at radius 2 is 2.03 bits per heavy atom. The van der Waals surface area contributed by atoms with Gasteiger partial charge in [-0.1, -0.05) is 12.1 Å². The molecule has 6 heteroatoms. The SMILES string of the molecule is COc1cc(C2(NC(=O)c3cc(OCC(C)N)ccc3C)CC2)c2cccnc2c1. The van der Waals surface area contributed by atoms with E-state index in [4.69, 9.17) is 15.2 Å². The number of carbonyl (C=O) groups is 1. The summed E-state index contributed by atoms with van der Waals surface area (Å²) < 4.78 is 11.2. The maximum absolute atomic E-state index is 13.2. The minimum Gasteiger partial charge on any atom is -0.497 e. The van der Waals surface area contributed by atoms with Crippen molar-refractivity contribution in [1.82, 2.24) is 10.3 Å². The van der Waals surface area contributed by atoms with E-state index in [0.29, 0.717) is 17.9 Å². The molecule has 0 spiro atoms. The van der Waals surface area contributed by atoms with Gasteiger partial charge in [0.2, 0.25) is 0 Å². The molecule has 30 heavy (non-hydrogen) atoms. The number of methoxy groups -OCH3 is 1. The Labute approximate surface area is 176 Å². The quantitative estimate of drug-likeness (QED) is 0.626.